The first-order valence-corrected chi connectivity index (χ1v) is 20.6. The Balaban J connectivity index is 1.09. The van der Waals surface area contributed by atoms with Crippen LogP contribution in [0.2, 0.25) is 0 Å². The molecule has 0 amide bonds. The van der Waals surface area contributed by atoms with E-state index in [0.717, 1.165) is 41.8 Å². The minimum atomic E-state index is 0.277. The van der Waals surface area contributed by atoms with Crippen molar-refractivity contribution in [3.63, 3.8) is 0 Å². The van der Waals surface area contributed by atoms with Gasteiger partial charge >= 0.3 is 0 Å². The Morgan fingerprint density at radius 2 is 1.37 bits per heavy atom. The first-order valence-electron chi connectivity index (χ1n) is 20.6. The SMILES string of the molecule is CC1CC(c2nc3ccccc3n2-c2ccccc2)=CC=C1C1C=Cc2c(c(C3=Cc4ccccc4CC3)c3ccccc3c2-c2ccc3ccccc3c2)C1C. The van der Waals surface area contributed by atoms with Crippen LogP contribution in [0.1, 0.15) is 66.2 Å². The van der Waals surface area contributed by atoms with Crippen LogP contribution < -0.4 is 0 Å². The van der Waals surface area contributed by atoms with Gasteiger partial charge in [-0.15, -0.1) is 0 Å². The van der Waals surface area contributed by atoms with Gasteiger partial charge in [0.15, 0.2) is 0 Å². The van der Waals surface area contributed by atoms with Crippen molar-refractivity contribution in [1.29, 1.82) is 0 Å². The number of aryl methyl sites for hydroxylation is 1. The predicted molar refractivity (Wildman–Crippen MR) is 241 cm³/mol. The Bertz CT molecular complexity index is 3020. The lowest BCUT2D eigenvalue weighted by Gasteiger charge is -2.37. The van der Waals surface area contributed by atoms with Crippen LogP contribution in [0.3, 0.4) is 0 Å². The van der Waals surface area contributed by atoms with Crippen LogP contribution in [0, 0.1) is 11.8 Å². The van der Waals surface area contributed by atoms with Gasteiger partial charge in [-0.05, 0) is 133 Å². The molecule has 7 aromatic carbocycles. The smallest absolute Gasteiger partial charge is 0.141 e. The maximum atomic E-state index is 5.24. The molecule has 57 heavy (non-hydrogen) atoms. The van der Waals surface area contributed by atoms with Crippen molar-refractivity contribution in [1.82, 2.24) is 9.55 Å². The van der Waals surface area contributed by atoms with Crippen LogP contribution in [0.25, 0.3) is 72.7 Å². The van der Waals surface area contributed by atoms with Gasteiger partial charge in [0.25, 0.3) is 0 Å². The number of benzene rings is 7. The van der Waals surface area contributed by atoms with Crippen molar-refractivity contribution in [2.45, 2.75) is 39.0 Å². The van der Waals surface area contributed by atoms with E-state index in [1.54, 1.807) is 0 Å². The highest BCUT2D eigenvalue weighted by molar-refractivity contribution is 6.10. The van der Waals surface area contributed by atoms with E-state index in [9.17, 15) is 0 Å². The van der Waals surface area contributed by atoms with Crippen LogP contribution in [0.15, 0.2) is 169 Å². The summed E-state index contributed by atoms with van der Waals surface area (Å²) in [5, 5.41) is 5.24. The second-order valence-corrected chi connectivity index (χ2v) is 16.3. The molecule has 3 aliphatic carbocycles. The van der Waals surface area contributed by atoms with Crippen molar-refractivity contribution in [3.05, 3.63) is 203 Å². The highest BCUT2D eigenvalue weighted by Gasteiger charge is 2.35. The molecule has 0 saturated carbocycles. The molecule has 0 fully saturated rings. The van der Waals surface area contributed by atoms with Crippen molar-refractivity contribution in [2.75, 3.05) is 0 Å². The third kappa shape index (κ3) is 5.58. The highest BCUT2D eigenvalue weighted by atomic mass is 15.1. The lowest BCUT2D eigenvalue weighted by molar-refractivity contribution is 0.527. The van der Waals surface area contributed by atoms with E-state index in [1.807, 2.05) is 0 Å². The molecule has 0 saturated heterocycles. The van der Waals surface area contributed by atoms with Crippen LogP contribution in [-0.4, -0.2) is 9.55 Å². The van der Waals surface area contributed by atoms with Crippen LogP contribution >= 0.6 is 0 Å². The number of allylic oxidation sites excluding steroid dienone is 6. The van der Waals surface area contributed by atoms with Crippen molar-refractivity contribution in [2.24, 2.45) is 11.8 Å². The molecule has 1 heterocycles. The lowest BCUT2D eigenvalue weighted by atomic mass is 9.67. The van der Waals surface area contributed by atoms with Gasteiger partial charge in [0, 0.05) is 11.6 Å². The van der Waals surface area contributed by atoms with E-state index in [1.165, 1.54) is 77.2 Å². The van der Waals surface area contributed by atoms with E-state index in [-0.39, 0.29) is 11.8 Å². The second kappa shape index (κ2) is 13.6. The summed E-state index contributed by atoms with van der Waals surface area (Å²) in [6.45, 7) is 4.92. The standard InChI is InChI=1S/C55H44N2/c1-35-32-43(55-56-50-22-12-13-23-51(50)57(55)44-18-4-3-5-19-44)28-29-45(35)46-30-31-49-52(36(46)2)54(42-27-25-38-15-7-9-17-40(38)34-42)48-21-11-10-20-47(48)53(49)41-26-24-37-14-6-8-16-39(37)33-41/h3-24,26,28-31,33-36,46H,25,27,32H2,1-2H3. The number of nitrogens with zero attached hydrogens (tertiary/aromatic N) is 2. The maximum absolute atomic E-state index is 5.24. The summed E-state index contributed by atoms with van der Waals surface area (Å²) in [5.41, 5.74) is 17.3. The first kappa shape index (κ1) is 33.8. The van der Waals surface area contributed by atoms with Gasteiger partial charge in [0.2, 0.25) is 0 Å². The van der Waals surface area contributed by atoms with E-state index in [0.29, 0.717) is 5.92 Å². The Labute approximate surface area is 334 Å². The molecule has 3 atom stereocenters. The number of imidazole rings is 1. The molecule has 3 unspecified atom stereocenters. The predicted octanol–water partition coefficient (Wildman–Crippen LogP) is 14.3. The molecule has 3 aliphatic rings. The fourth-order valence-corrected chi connectivity index (χ4v) is 10.3. The normalized spacial score (nSPS) is 18.9. The van der Waals surface area contributed by atoms with Crippen LogP contribution in [0.5, 0.6) is 0 Å². The summed E-state index contributed by atoms with van der Waals surface area (Å²) in [7, 11) is 0. The van der Waals surface area contributed by atoms with Crippen molar-refractivity contribution < 1.29 is 0 Å². The van der Waals surface area contributed by atoms with Crippen LogP contribution in [-0.2, 0) is 6.42 Å². The number of rotatable bonds is 5. The molecule has 0 spiro atoms. The molecule has 8 aromatic rings. The number of para-hydroxylation sites is 3. The van der Waals surface area contributed by atoms with Crippen LogP contribution in [0.4, 0.5) is 0 Å². The topological polar surface area (TPSA) is 17.8 Å². The minimum Gasteiger partial charge on any atom is -0.293 e. The molecule has 1 aromatic heterocycles. The van der Waals surface area contributed by atoms with Gasteiger partial charge in [-0.1, -0.05) is 165 Å². The average Bonchev–Trinajstić information content (AvgIpc) is 3.66. The lowest BCUT2D eigenvalue weighted by Crippen LogP contribution is -2.22. The Kier molecular flexibility index (Phi) is 8.07. The first-order chi connectivity index (χ1) is 28.1. The van der Waals surface area contributed by atoms with E-state index in [2.05, 4.69) is 194 Å². The number of hydrogen-bond donors (Lipinski definition) is 0. The summed E-state index contributed by atoms with van der Waals surface area (Å²) < 4.78 is 2.34. The van der Waals surface area contributed by atoms with Gasteiger partial charge in [-0.2, -0.15) is 0 Å². The van der Waals surface area contributed by atoms with Gasteiger partial charge < -0.3 is 0 Å². The summed E-state index contributed by atoms with van der Waals surface area (Å²) >= 11 is 0. The van der Waals surface area contributed by atoms with E-state index in [4.69, 9.17) is 4.98 Å². The maximum Gasteiger partial charge on any atom is 0.141 e. The third-order valence-corrected chi connectivity index (χ3v) is 13.0. The van der Waals surface area contributed by atoms with E-state index >= 15 is 0 Å². The van der Waals surface area contributed by atoms with Gasteiger partial charge in [0.05, 0.1) is 11.0 Å². The fourth-order valence-electron chi connectivity index (χ4n) is 10.3. The van der Waals surface area contributed by atoms with Crippen molar-refractivity contribution in [3.8, 4) is 16.8 Å². The highest BCUT2D eigenvalue weighted by Crippen LogP contribution is 2.52. The summed E-state index contributed by atoms with van der Waals surface area (Å²) in [5.74, 6) is 1.95. The quantitative estimate of drug-likeness (QED) is 0.172. The minimum absolute atomic E-state index is 0.277. The number of fused-ring (bicyclic) bond motifs is 5. The Hall–Kier alpha value is -6.51. The molecule has 2 heteroatoms. The zero-order valence-corrected chi connectivity index (χ0v) is 32.5. The largest absolute Gasteiger partial charge is 0.293 e. The zero-order valence-electron chi connectivity index (χ0n) is 32.5. The summed E-state index contributed by atoms with van der Waals surface area (Å²) in [6, 6.07) is 53.1. The molecule has 11 rings (SSSR count). The molecule has 0 aliphatic heterocycles. The molecule has 0 radical (unpaired) electrons. The molecular formula is C55H44N2. The zero-order chi connectivity index (χ0) is 38.0. The molecule has 274 valence electrons. The fraction of sp³-hybridized carbons (Fsp3) is 0.145. The van der Waals surface area contributed by atoms with Crippen molar-refractivity contribution >= 4 is 55.9 Å². The summed E-state index contributed by atoms with van der Waals surface area (Å²) in [4.78, 5) is 5.24. The monoisotopic (exact) mass is 732 g/mol. The Morgan fingerprint density at radius 1 is 0.632 bits per heavy atom. The second-order valence-electron chi connectivity index (χ2n) is 16.3. The van der Waals surface area contributed by atoms with Gasteiger partial charge in [0.1, 0.15) is 5.82 Å². The molecule has 0 bridgehead atoms. The average molecular weight is 733 g/mol. The molecule has 2 nitrogen and oxygen atoms in total. The number of hydrogen-bond acceptors (Lipinski definition) is 1. The molecular weight excluding hydrogens is 689 g/mol. The Morgan fingerprint density at radius 3 is 2.23 bits per heavy atom. The van der Waals surface area contributed by atoms with Gasteiger partial charge in [-0.25, -0.2) is 4.98 Å². The number of aromatic nitrogens is 2. The summed E-state index contributed by atoms with van der Waals surface area (Å²) in [6.07, 6.45) is 15.4. The third-order valence-electron chi connectivity index (χ3n) is 13.0. The van der Waals surface area contributed by atoms with E-state index < -0.39 is 0 Å². The molecule has 0 N–H and O–H groups in total. The van der Waals surface area contributed by atoms with Gasteiger partial charge in [-0.3, -0.25) is 4.57 Å².